The van der Waals surface area contributed by atoms with Gasteiger partial charge in [-0.05, 0) is 31.5 Å². The van der Waals surface area contributed by atoms with Crippen LogP contribution in [0.2, 0.25) is 0 Å². The van der Waals surface area contributed by atoms with Crippen molar-refractivity contribution in [2.45, 2.75) is 26.4 Å². The maximum atomic E-state index is 11.5. The van der Waals surface area contributed by atoms with E-state index in [2.05, 4.69) is 0 Å². The van der Waals surface area contributed by atoms with Crippen molar-refractivity contribution < 1.29 is 19.7 Å². The molecule has 0 aromatic heterocycles. The van der Waals surface area contributed by atoms with Crippen LogP contribution in [-0.4, -0.2) is 22.3 Å². The van der Waals surface area contributed by atoms with Gasteiger partial charge in [-0.1, -0.05) is 6.92 Å². The van der Waals surface area contributed by atoms with Crippen LogP contribution in [0.4, 0.5) is 0 Å². The number of esters is 1. The lowest BCUT2D eigenvalue weighted by atomic mass is 10.2. The molecule has 1 aromatic carbocycles. The number of aromatic hydroxyl groups is 2. The summed E-state index contributed by atoms with van der Waals surface area (Å²) in [7, 11) is 0. The number of hydrogen-bond acceptors (Lipinski definition) is 4. The molecule has 82 valence electrons. The minimum Gasteiger partial charge on any atom is -0.508 e. The third-order valence-corrected chi connectivity index (χ3v) is 2.08. The zero-order chi connectivity index (χ0) is 11.4. The minimum atomic E-state index is -0.627. The van der Waals surface area contributed by atoms with Gasteiger partial charge in [-0.15, -0.1) is 0 Å². The number of rotatable bonds is 3. The average molecular weight is 210 g/mol. The van der Waals surface area contributed by atoms with Gasteiger partial charge >= 0.3 is 5.97 Å². The predicted octanol–water partition coefficient (Wildman–Crippen LogP) is 2.05. The van der Waals surface area contributed by atoms with E-state index in [1.165, 1.54) is 18.2 Å². The van der Waals surface area contributed by atoms with Crippen molar-refractivity contribution in [3.05, 3.63) is 23.8 Å². The molecule has 0 aliphatic heterocycles. The first kappa shape index (κ1) is 11.4. The van der Waals surface area contributed by atoms with E-state index in [9.17, 15) is 9.90 Å². The van der Waals surface area contributed by atoms with Crippen LogP contribution in [0.3, 0.4) is 0 Å². The number of benzene rings is 1. The van der Waals surface area contributed by atoms with E-state index in [0.29, 0.717) is 6.42 Å². The molecule has 0 amide bonds. The monoisotopic (exact) mass is 210 g/mol. The van der Waals surface area contributed by atoms with E-state index < -0.39 is 5.97 Å². The molecule has 0 saturated carbocycles. The van der Waals surface area contributed by atoms with Crippen LogP contribution in [0.5, 0.6) is 11.5 Å². The molecule has 0 spiro atoms. The van der Waals surface area contributed by atoms with Crippen LogP contribution >= 0.6 is 0 Å². The lowest BCUT2D eigenvalue weighted by Gasteiger charge is -2.11. The number of phenolic OH excluding ortho intramolecular Hbond substituents is 2. The Balaban J connectivity index is 2.86. The van der Waals surface area contributed by atoms with Gasteiger partial charge in [0, 0.05) is 0 Å². The van der Waals surface area contributed by atoms with Crippen molar-refractivity contribution in [1.29, 1.82) is 0 Å². The number of phenols is 2. The van der Waals surface area contributed by atoms with Gasteiger partial charge in [0.15, 0.2) is 0 Å². The summed E-state index contributed by atoms with van der Waals surface area (Å²) >= 11 is 0. The second-order valence-corrected chi connectivity index (χ2v) is 3.33. The molecular formula is C11H14O4. The van der Waals surface area contributed by atoms with Crippen LogP contribution in [0.1, 0.15) is 30.6 Å². The summed E-state index contributed by atoms with van der Waals surface area (Å²) in [6.45, 7) is 3.65. The summed E-state index contributed by atoms with van der Waals surface area (Å²) < 4.78 is 5.01. The van der Waals surface area contributed by atoms with E-state index >= 15 is 0 Å². The fraction of sp³-hybridized carbons (Fsp3) is 0.364. The second kappa shape index (κ2) is 4.68. The quantitative estimate of drug-likeness (QED) is 0.592. The van der Waals surface area contributed by atoms with Crippen LogP contribution in [-0.2, 0) is 4.74 Å². The summed E-state index contributed by atoms with van der Waals surface area (Å²) in [5.74, 6) is -0.900. The van der Waals surface area contributed by atoms with E-state index in [1.54, 1.807) is 6.92 Å². The Morgan fingerprint density at radius 1 is 1.47 bits per heavy atom. The van der Waals surface area contributed by atoms with Gasteiger partial charge in [-0.25, -0.2) is 4.79 Å². The first-order valence-electron chi connectivity index (χ1n) is 4.77. The second-order valence-electron chi connectivity index (χ2n) is 3.33. The van der Waals surface area contributed by atoms with Gasteiger partial charge in [0.2, 0.25) is 0 Å². The summed E-state index contributed by atoms with van der Waals surface area (Å²) in [5, 5.41) is 18.5. The van der Waals surface area contributed by atoms with Gasteiger partial charge in [-0.2, -0.15) is 0 Å². The van der Waals surface area contributed by atoms with E-state index in [0.717, 1.165) is 0 Å². The van der Waals surface area contributed by atoms with E-state index in [-0.39, 0.29) is 23.2 Å². The summed E-state index contributed by atoms with van der Waals surface area (Å²) in [6, 6.07) is 3.73. The van der Waals surface area contributed by atoms with Crippen molar-refractivity contribution in [2.24, 2.45) is 0 Å². The number of carbonyl (C=O) groups excluding carboxylic acids is 1. The van der Waals surface area contributed by atoms with Gasteiger partial charge in [0.1, 0.15) is 17.1 Å². The number of hydrogen-bond donors (Lipinski definition) is 2. The third-order valence-electron chi connectivity index (χ3n) is 2.08. The first-order chi connectivity index (χ1) is 7.04. The fourth-order valence-corrected chi connectivity index (χ4v) is 1.02. The van der Waals surface area contributed by atoms with Crippen LogP contribution in [0.25, 0.3) is 0 Å². The Kier molecular flexibility index (Phi) is 3.55. The zero-order valence-corrected chi connectivity index (χ0v) is 8.73. The molecular weight excluding hydrogens is 196 g/mol. The largest absolute Gasteiger partial charge is 0.508 e. The normalized spacial score (nSPS) is 12.1. The molecule has 4 heteroatoms. The van der Waals surface area contributed by atoms with Crippen molar-refractivity contribution in [2.75, 3.05) is 0 Å². The van der Waals surface area contributed by atoms with Gasteiger partial charge in [0.25, 0.3) is 0 Å². The molecule has 1 unspecified atom stereocenters. The summed E-state index contributed by atoms with van der Waals surface area (Å²) in [5.41, 5.74) is -0.0182. The highest BCUT2D eigenvalue weighted by Crippen LogP contribution is 2.23. The topological polar surface area (TPSA) is 66.8 Å². The molecule has 1 rings (SSSR count). The van der Waals surface area contributed by atoms with Gasteiger partial charge in [-0.3, -0.25) is 0 Å². The molecule has 2 N–H and O–H groups in total. The standard InChI is InChI=1S/C11H14O4/c1-3-7(2)15-11(14)9-6-8(12)4-5-10(9)13/h4-7,12-13H,3H2,1-2H3. The maximum Gasteiger partial charge on any atom is 0.342 e. The Labute approximate surface area is 88.1 Å². The Morgan fingerprint density at radius 2 is 2.13 bits per heavy atom. The lowest BCUT2D eigenvalue weighted by molar-refractivity contribution is 0.0331. The van der Waals surface area contributed by atoms with E-state index in [1.807, 2.05) is 6.92 Å². The van der Waals surface area contributed by atoms with Crippen molar-refractivity contribution >= 4 is 5.97 Å². The number of ether oxygens (including phenoxy) is 1. The minimum absolute atomic E-state index is 0.0182. The smallest absolute Gasteiger partial charge is 0.342 e. The lowest BCUT2D eigenvalue weighted by Crippen LogP contribution is -2.14. The van der Waals surface area contributed by atoms with Crippen molar-refractivity contribution in [3.63, 3.8) is 0 Å². The summed E-state index contributed by atoms with van der Waals surface area (Å²) in [6.07, 6.45) is 0.491. The Morgan fingerprint density at radius 3 is 2.73 bits per heavy atom. The Bertz CT molecular complexity index is 360. The van der Waals surface area contributed by atoms with Crippen molar-refractivity contribution in [1.82, 2.24) is 0 Å². The zero-order valence-electron chi connectivity index (χ0n) is 8.73. The third kappa shape index (κ3) is 2.87. The molecule has 0 saturated heterocycles. The first-order valence-corrected chi connectivity index (χ1v) is 4.77. The molecule has 15 heavy (non-hydrogen) atoms. The fourth-order valence-electron chi connectivity index (χ4n) is 1.02. The molecule has 4 nitrogen and oxygen atoms in total. The molecule has 0 radical (unpaired) electrons. The van der Waals surface area contributed by atoms with Crippen molar-refractivity contribution in [3.8, 4) is 11.5 Å². The highest BCUT2D eigenvalue weighted by molar-refractivity contribution is 5.92. The SMILES string of the molecule is CCC(C)OC(=O)c1cc(O)ccc1O. The Hall–Kier alpha value is -1.71. The van der Waals surface area contributed by atoms with Gasteiger partial charge < -0.3 is 14.9 Å². The van der Waals surface area contributed by atoms with Gasteiger partial charge in [0.05, 0.1) is 6.10 Å². The molecule has 1 atom stereocenters. The maximum absolute atomic E-state index is 11.5. The van der Waals surface area contributed by atoms with Crippen LogP contribution < -0.4 is 0 Å². The highest BCUT2D eigenvalue weighted by atomic mass is 16.5. The summed E-state index contributed by atoms with van der Waals surface area (Å²) in [4.78, 5) is 11.5. The molecule has 1 aromatic rings. The van der Waals surface area contributed by atoms with Crippen LogP contribution in [0, 0.1) is 0 Å². The van der Waals surface area contributed by atoms with E-state index in [4.69, 9.17) is 9.84 Å². The number of carbonyl (C=O) groups is 1. The average Bonchev–Trinajstić information content (AvgIpc) is 2.21. The molecule has 0 aliphatic carbocycles. The predicted molar refractivity (Wildman–Crippen MR) is 54.9 cm³/mol. The van der Waals surface area contributed by atoms with Crippen LogP contribution in [0.15, 0.2) is 18.2 Å². The highest BCUT2D eigenvalue weighted by Gasteiger charge is 2.15. The molecule has 0 aliphatic rings. The molecule has 0 fully saturated rings. The molecule has 0 heterocycles. The molecule has 0 bridgehead atoms.